The second-order valence-corrected chi connectivity index (χ2v) is 4.54. The highest BCUT2D eigenvalue weighted by atomic mass is 35.5. The van der Waals surface area contributed by atoms with Crippen molar-refractivity contribution in [3.63, 3.8) is 0 Å². The summed E-state index contributed by atoms with van der Waals surface area (Å²) in [5, 5.41) is 9.44. The van der Waals surface area contributed by atoms with E-state index in [0.29, 0.717) is 5.69 Å². The molecule has 0 radical (unpaired) electrons. The van der Waals surface area contributed by atoms with Crippen LogP contribution >= 0.6 is 11.6 Å². The highest BCUT2D eigenvalue weighted by Crippen LogP contribution is 2.31. The van der Waals surface area contributed by atoms with E-state index in [2.05, 4.69) is 0 Å². The quantitative estimate of drug-likeness (QED) is 0.854. The Morgan fingerprint density at radius 2 is 2.06 bits per heavy atom. The highest BCUT2D eigenvalue weighted by Gasteiger charge is 2.22. The fraction of sp³-hybridized carbons (Fsp3) is 0.333. The molecule has 0 atom stereocenters. The first-order valence-electron chi connectivity index (χ1n) is 5.41. The minimum Gasteiger partial charge on any atom is -0.478 e. The van der Waals surface area contributed by atoms with Gasteiger partial charge in [0.15, 0.2) is 0 Å². The summed E-state index contributed by atoms with van der Waals surface area (Å²) >= 11 is 6.04. The van der Waals surface area contributed by atoms with Crippen molar-refractivity contribution in [2.24, 2.45) is 5.73 Å². The summed E-state index contributed by atoms with van der Waals surface area (Å²) in [6.45, 7) is 3.58. The molecule has 1 amide bonds. The van der Waals surface area contributed by atoms with Gasteiger partial charge in [0.2, 0.25) is 5.91 Å². The Hall–Kier alpha value is -1.75. The molecule has 0 unspecified atom stereocenters. The maximum Gasteiger partial charge on any atom is 0.337 e. The fourth-order valence-corrected chi connectivity index (χ4v) is 1.95. The second kappa shape index (κ2) is 5.73. The third-order valence-electron chi connectivity index (χ3n) is 2.45. The van der Waals surface area contributed by atoms with Gasteiger partial charge in [-0.1, -0.05) is 17.7 Å². The van der Waals surface area contributed by atoms with E-state index in [1.54, 1.807) is 17.0 Å². The number of anilines is 1. The van der Waals surface area contributed by atoms with Crippen molar-refractivity contribution in [3.8, 4) is 0 Å². The van der Waals surface area contributed by atoms with Gasteiger partial charge in [-0.25, -0.2) is 4.79 Å². The summed E-state index contributed by atoms with van der Waals surface area (Å²) in [4.78, 5) is 23.8. The van der Waals surface area contributed by atoms with E-state index in [1.807, 2.05) is 13.8 Å². The van der Waals surface area contributed by atoms with Gasteiger partial charge >= 0.3 is 5.97 Å². The Kier molecular flexibility index (Phi) is 4.55. The van der Waals surface area contributed by atoms with Crippen molar-refractivity contribution in [2.75, 3.05) is 11.4 Å². The molecule has 0 aliphatic carbocycles. The number of carboxylic acids is 1. The van der Waals surface area contributed by atoms with E-state index in [1.165, 1.54) is 6.07 Å². The lowest BCUT2D eigenvalue weighted by atomic mass is 10.1. The van der Waals surface area contributed by atoms with Crippen LogP contribution in [0.1, 0.15) is 24.2 Å². The van der Waals surface area contributed by atoms with Crippen LogP contribution in [0.25, 0.3) is 0 Å². The van der Waals surface area contributed by atoms with E-state index < -0.39 is 11.9 Å². The number of carboxylic acid groups (broad SMARTS) is 1. The summed E-state index contributed by atoms with van der Waals surface area (Å²) < 4.78 is 0. The number of para-hydroxylation sites is 1. The Labute approximate surface area is 110 Å². The van der Waals surface area contributed by atoms with Gasteiger partial charge in [0.05, 0.1) is 22.8 Å². The van der Waals surface area contributed by atoms with Crippen LogP contribution in [0.4, 0.5) is 5.69 Å². The predicted octanol–water partition coefficient (Wildman–Crippen LogP) is 1.74. The summed E-state index contributed by atoms with van der Waals surface area (Å²) in [6, 6.07) is 4.48. The normalized spacial score (nSPS) is 10.4. The SMILES string of the molecule is CC(C)N(CC(N)=O)c1c(Cl)cccc1C(=O)O. The topological polar surface area (TPSA) is 83.6 Å². The van der Waals surface area contributed by atoms with Crippen LogP contribution in [0.3, 0.4) is 0 Å². The molecular formula is C12H15ClN2O3. The first-order chi connectivity index (χ1) is 8.34. The Morgan fingerprint density at radius 1 is 1.44 bits per heavy atom. The van der Waals surface area contributed by atoms with Crippen LogP contribution in [-0.4, -0.2) is 29.6 Å². The Bertz CT molecular complexity index is 474. The number of benzene rings is 1. The summed E-state index contributed by atoms with van der Waals surface area (Å²) in [5.41, 5.74) is 5.55. The molecule has 0 heterocycles. The molecule has 5 nitrogen and oxygen atoms in total. The number of carbonyl (C=O) groups excluding carboxylic acids is 1. The number of primary amides is 1. The van der Waals surface area contributed by atoms with Gasteiger partial charge in [-0.3, -0.25) is 4.79 Å². The smallest absolute Gasteiger partial charge is 0.337 e. The summed E-state index contributed by atoms with van der Waals surface area (Å²) in [7, 11) is 0. The van der Waals surface area contributed by atoms with E-state index in [4.69, 9.17) is 22.4 Å². The van der Waals surface area contributed by atoms with E-state index in [9.17, 15) is 9.59 Å². The van der Waals surface area contributed by atoms with Gasteiger partial charge in [0, 0.05) is 6.04 Å². The first-order valence-corrected chi connectivity index (χ1v) is 5.79. The van der Waals surface area contributed by atoms with Crippen molar-refractivity contribution in [1.82, 2.24) is 0 Å². The van der Waals surface area contributed by atoms with Crippen molar-refractivity contribution in [1.29, 1.82) is 0 Å². The molecule has 0 saturated heterocycles. The number of hydrogen-bond donors (Lipinski definition) is 2. The van der Waals surface area contributed by atoms with Crippen molar-refractivity contribution >= 4 is 29.2 Å². The number of carbonyl (C=O) groups is 2. The van der Waals surface area contributed by atoms with Crippen LogP contribution in [0.15, 0.2) is 18.2 Å². The Balaban J connectivity index is 3.34. The zero-order chi connectivity index (χ0) is 13.9. The zero-order valence-corrected chi connectivity index (χ0v) is 10.9. The van der Waals surface area contributed by atoms with E-state index in [0.717, 1.165) is 0 Å². The molecule has 0 aromatic heterocycles. The van der Waals surface area contributed by atoms with Crippen LogP contribution < -0.4 is 10.6 Å². The molecule has 0 spiro atoms. The van der Waals surface area contributed by atoms with Crippen LogP contribution in [0, 0.1) is 0 Å². The van der Waals surface area contributed by atoms with Gasteiger partial charge in [-0.15, -0.1) is 0 Å². The molecule has 1 rings (SSSR count). The molecule has 1 aromatic carbocycles. The van der Waals surface area contributed by atoms with Gasteiger partial charge in [0.1, 0.15) is 0 Å². The van der Waals surface area contributed by atoms with Crippen molar-refractivity contribution in [3.05, 3.63) is 28.8 Å². The first kappa shape index (κ1) is 14.3. The molecule has 0 fully saturated rings. The molecule has 98 valence electrons. The van der Waals surface area contributed by atoms with Gasteiger partial charge < -0.3 is 15.7 Å². The number of rotatable bonds is 5. The van der Waals surface area contributed by atoms with Gasteiger partial charge in [0.25, 0.3) is 0 Å². The standard InChI is InChI=1S/C12H15ClN2O3/c1-7(2)15(6-10(14)16)11-8(12(17)18)4-3-5-9(11)13/h3-5,7H,6H2,1-2H3,(H2,14,16)(H,17,18). The number of aromatic carboxylic acids is 1. The molecule has 1 aromatic rings. The molecular weight excluding hydrogens is 256 g/mol. The molecule has 6 heteroatoms. The highest BCUT2D eigenvalue weighted by molar-refractivity contribution is 6.34. The largest absolute Gasteiger partial charge is 0.478 e. The number of nitrogens with zero attached hydrogens (tertiary/aromatic N) is 1. The average Bonchev–Trinajstić information content (AvgIpc) is 2.25. The number of nitrogens with two attached hydrogens (primary N) is 1. The Morgan fingerprint density at radius 3 is 2.50 bits per heavy atom. The maximum absolute atomic E-state index is 11.2. The molecule has 0 aliphatic heterocycles. The van der Waals surface area contributed by atoms with Crippen molar-refractivity contribution in [2.45, 2.75) is 19.9 Å². The third kappa shape index (κ3) is 3.13. The number of halogens is 1. The molecule has 18 heavy (non-hydrogen) atoms. The second-order valence-electron chi connectivity index (χ2n) is 4.13. The fourth-order valence-electron chi connectivity index (χ4n) is 1.67. The van der Waals surface area contributed by atoms with Crippen molar-refractivity contribution < 1.29 is 14.7 Å². The van der Waals surface area contributed by atoms with Crippen LogP contribution in [-0.2, 0) is 4.79 Å². The van der Waals surface area contributed by atoms with Crippen LogP contribution in [0.5, 0.6) is 0 Å². The third-order valence-corrected chi connectivity index (χ3v) is 2.76. The lowest BCUT2D eigenvalue weighted by Gasteiger charge is -2.29. The zero-order valence-electron chi connectivity index (χ0n) is 10.2. The number of amides is 1. The average molecular weight is 271 g/mol. The minimum atomic E-state index is -1.09. The lowest BCUT2D eigenvalue weighted by Crippen LogP contribution is -2.39. The molecule has 3 N–H and O–H groups in total. The predicted molar refractivity (Wildman–Crippen MR) is 70.1 cm³/mol. The van der Waals surface area contributed by atoms with Crippen LogP contribution in [0.2, 0.25) is 5.02 Å². The maximum atomic E-state index is 11.2. The molecule has 0 saturated carbocycles. The molecule has 0 aliphatic rings. The van der Waals surface area contributed by atoms with E-state index >= 15 is 0 Å². The van der Waals surface area contributed by atoms with Gasteiger partial charge in [-0.05, 0) is 26.0 Å². The van der Waals surface area contributed by atoms with Gasteiger partial charge in [-0.2, -0.15) is 0 Å². The number of hydrogen-bond acceptors (Lipinski definition) is 3. The summed E-state index contributed by atoms with van der Waals surface area (Å²) in [6.07, 6.45) is 0. The lowest BCUT2D eigenvalue weighted by molar-refractivity contribution is -0.116. The summed E-state index contributed by atoms with van der Waals surface area (Å²) in [5.74, 6) is -1.64. The minimum absolute atomic E-state index is 0.0532. The van der Waals surface area contributed by atoms with E-state index in [-0.39, 0.29) is 23.2 Å². The monoisotopic (exact) mass is 270 g/mol. The molecule has 0 bridgehead atoms.